The Bertz CT molecular complexity index is 636. The third-order valence-electron chi connectivity index (χ3n) is 2.75. The van der Waals surface area contributed by atoms with Crippen molar-refractivity contribution in [3.8, 4) is 0 Å². The summed E-state index contributed by atoms with van der Waals surface area (Å²) in [5.74, 6) is -1.11. The summed E-state index contributed by atoms with van der Waals surface area (Å²) in [6.07, 6.45) is 6.43. The number of hydrogen-bond acceptors (Lipinski definition) is 4. The number of carboxylic acid groups (broad SMARTS) is 1. The topological polar surface area (TPSA) is 96.4 Å². The van der Waals surface area contributed by atoms with Gasteiger partial charge in [-0.1, -0.05) is 13.3 Å². The highest BCUT2D eigenvalue weighted by Gasteiger charge is 2.25. The molecule has 0 fully saturated rings. The Kier molecular flexibility index (Phi) is 5.62. The van der Waals surface area contributed by atoms with Crippen LogP contribution in [0.1, 0.15) is 39.2 Å². The van der Waals surface area contributed by atoms with Crippen molar-refractivity contribution in [1.82, 2.24) is 9.71 Å². The Morgan fingerprint density at radius 2 is 2.10 bits per heavy atom. The van der Waals surface area contributed by atoms with Crippen LogP contribution in [-0.2, 0) is 14.8 Å². The van der Waals surface area contributed by atoms with E-state index in [4.69, 9.17) is 5.11 Å². The molecule has 0 saturated heterocycles. The van der Waals surface area contributed by atoms with Crippen LogP contribution in [0.25, 0.3) is 6.08 Å². The maximum Gasteiger partial charge on any atom is 0.328 e. The SMILES string of the molecule is CCCC(C)(C)NS(=O)(=O)c1cncc(/C=C/C(=O)O)c1. The van der Waals surface area contributed by atoms with Gasteiger partial charge in [-0.2, -0.15) is 0 Å². The van der Waals surface area contributed by atoms with Gasteiger partial charge in [0, 0.05) is 24.0 Å². The predicted molar refractivity (Wildman–Crippen MR) is 80.2 cm³/mol. The smallest absolute Gasteiger partial charge is 0.328 e. The Labute approximate surface area is 125 Å². The van der Waals surface area contributed by atoms with Gasteiger partial charge in [0.1, 0.15) is 4.90 Å². The van der Waals surface area contributed by atoms with Gasteiger partial charge in [-0.25, -0.2) is 17.9 Å². The van der Waals surface area contributed by atoms with E-state index in [9.17, 15) is 13.2 Å². The van der Waals surface area contributed by atoms with Gasteiger partial charge in [-0.3, -0.25) is 4.98 Å². The zero-order valence-corrected chi connectivity index (χ0v) is 13.1. The molecular formula is C14H20N2O4S. The molecule has 0 aliphatic rings. The number of aromatic nitrogens is 1. The summed E-state index contributed by atoms with van der Waals surface area (Å²) in [4.78, 5) is 14.3. The molecule has 0 aromatic carbocycles. The first-order valence-electron chi connectivity index (χ1n) is 6.56. The second kappa shape index (κ2) is 6.82. The van der Waals surface area contributed by atoms with Crippen LogP contribution in [0.15, 0.2) is 29.4 Å². The highest BCUT2D eigenvalue weighted by molar-refractivity contribution is 7.89. The van der Waals surface area contributed by atoms with Crippen molar-refractivity contribution in [1.29, 1.82) is 0 Å². The zero-order valence-electron chi connectivity index (χ0n) is 12.3. The number of nitrogens with one attached hydrogen (secondary N) is 1. The van der Waals surface area contributed by atoms with Crippen LogP contribution in [0.5, 0.6) is 0 Å². The summed E-state index contributed by atoms with van der Waals surface area (Å²) in [6, 6.07) is 1.39. The normalized spacial score (nSPS) is 12.7. The molecule has 2 N–H and O–H groups in total. The van der Waals surface area contributed by atoms with Gasteiger partial charge < -0.3 is 5.11 Å². The molecule has 1 aromatic heterocycles. The van der Waals surface area contributed by atoms with Crippen LogP contribution >= 0.6 is 0 Å². The average Bonchev–Trinajstić information content (AvgIpc) is 2.35. The van der Waals surface area contributed by atoms with Crippen LogP contribution in [0.2, 0.25) is 0 Å². The molecule has 0 amide bonds. The highest BCUT2D eigenvalue weighted by Crippen LogP contribution is 2.17. The van der Waals surface area contributed by atoms with Crippen molar-refractivity contribution >= 4 is 22.1 Å². The third-order valence-corrected chi connectivity index (χ3v) is 4.41. The standard InChI is InChI=1S/C14H20N2O4S/c1-4-7-14(2,3)16-21(19,20)12-8-11(9-15-10-12)5-6-13(17)18/h5-6,8-10,16H,4,7H2,1-3H3,(H,17,18)/b6-5+. The van der Waals surface area contributed by atoms with Crippen molar-refractivity contribution in [3.63, 3.8) is 0 Å². The molecule has 0 unspecified atom stereocenters. The monoisotopic (exact) mass is 312 g/mol. The lowest BCUT2D eigenvalue weighted by Crippen LogP contribution is -2.43. The van der Waals surface area contributed by atoms with E-state index in [1.165, 1.54) is 24.5 Å². The number of nitrogens with zero attached hydrogens (tertiary/aromatic N) is 1. The first-order valence-corrected chi connectivity index (χ1v) is 8.04. The van der Waals surface area contributed by atoms with E-state index in [-0.39, 0.29) is 4.90 Å². The van der Waals surface area contributed by atoms with Gasteiger partial charge in [-0.15, -0.1) is 0 Å². The Morgan fingerprint density at radius 3 is 2.67 bits per heavy atom. The number of pyridine rings is 1. The molecule has 0 aliphatic carbocycles. The van der Waals surface area contributed by atoms with E-state index in [2.05, 4.69) is 9.71 Å². The largest absolute Gasteiger partial charge is 0.478 e. The van der Waals surface area contributed by atoms with E-state index in [1.807, 2.05) is 20.8 Å². The summed E-state index contributed by atoms with van der Waals surface area (Å²) in [7, 11) is -3.70. The van der Waals surface area contributed by atoms with E-state index < -0.39 is 21.5 Å². The van der Waals surface area contributed by atoms with Crippen molar-refractivity contribution in [3.05, 3.63) is 30.1 Å². The number of rotatable bonds is 7. The average molecular weight is 312 g/mol. The molecular weight excluding hydrogens is 292 g/mol. The summed E-state index contributed by atoms with van der Waals surface area (Å²) in [5, 5.41) is 8.58. The minimum Gasteiger partial charge on any atom is -0.478 e. The van der Waals surface area contributed by atoms with Crippen molar-refractivity contribution in [2.24, 2.45) is 0 Å². The Balaban J connectivity index is 3.04. The number of carbonyl (C=O) groups is 1. The third kappa shape index (κ3) is 5.65. The van der Waals surface area contributed by atoms with Gasteiger partial charge >= 0.3 is 5.97 Å². The molecule has 21 heavy (non-hydrogen) atoms. The molecule has 6 nitrogen and oxygen atoms in total. The maximum atomic E-state index is 12.3. The lowest BCUT2D eigenvalue weighted by molar-refractivity contribution is -0.131. The van der Waals surface area contributed by atoms with Crippen LogP contribution in [-0.4, -0.2) is 30.0 Å². The lowest BCUT2D eigenvalue weighted by atomic mass is 10.0. The van der Waals surface area contributed by atoms with Crippen LogP contribution in [0.3, 0.4) is 0 Å². The van der Waals surface area contributed by atoms with Crippen LogP contribution < -0.4 is 4.72 Å². The molecule has 1 rings (SSSR count). The van der Waals surface area contributed by atoms with Gasteiger partial charge in [0.05, 0.1) is 0 Å². The molecule has 0 radical (unpaired) electrons. The summed E-state index contributed by atoms with van der Waals surface area (Å²) < 4.78 is 27.3. The molecule has 1 heterocycles. The Morgan fingerprint density at radius 1 is 1.43 bits per heavy atom. The fourth-order valence-electron chi connectivity index (χ4n) is 1.94. The fourth-order valence-corrected chi connectivity index (χ4v) is 3.38. The van der Waals surface area contributed by atoms with E-state index >= 15 is 0 Å². The van der Waals surface area contributed by atoms with Gasteiger partial charge in [-0.05, 0) is 38.0 Å². The quantitative estimate of drug-likeness (QED) is 0.751. The number of hydrogen-bond donors (Lipinski definition) is 2. The first-order chi connectivity index (χ1) is 9.66. The minimum absolute atomic E-state index is 0.0132. The minimum atomic E-state index is -3.70. The zero-order chi connectivity index (χ0) is 16.1. The molecule has 0 bridgehead atoms. The lowest BCUT2D eigenvalue weighted by Gasteiger charge is -2.25. The van der Waals surface area contributed by atoms with Crippen molar-refractivity contribution < 1.29 is 18.3 Å². The fraction of sp³-hybridized carbons (Fsp3) is 0.429. The van der Waals surface area contributed by atoms with Crippen molar-refractivity contribution in [2.45, 2.75) is 44.0 Å². The first kappa shape index (κ1) is 17.3. The van der Waals surface area contributed by atoms with E-state index in [0.29, 0.717) is 12.0 Å². The maximum absolute atomic E-state index is 12.3. The molecule has 0 aliphatic heterocycles. The molecule has 7 heteroatoms. The summed E-state index contributed by atoms with van der Waals surface area (Å²) in [5.41, 5.74) is -0.144. The molecule has 116 valence electrons. The second-order valence-corrected chi connectivity index (χ2v) is 7.05. The molecule has 0 saturated carbocycles. The van der Waals surface area contributed by atoms with Crippen molar-refractivity contribution in [2.75, 3.05) is 0 Å². The van der Waals surface area contributed by atoms with E-state index in [0.717, 1.165) is 12.5 Å². The van der Waals surface area contributed by atoms with Gasteiger partial charge in [0.25, 0.3) is 0 Å². The predicted octanol–water partition coefficient (Wildman–Crippen LogP) is 2.04. The molecule has 0 spiro atoms. The number of carboxylic acids is 1. The Hall–Kier alpha value is -1.73. The summed E-state index contributed by atoms with van der Waals surface area (Å²) in [6.45, 7) is 5.61. The second-order valence-electron chi connectivity index (χ2n) is 5.36. The number of aliphatic carboxylic acids is 1. The van der Waals surface area contributed by atoms with Crippen LogP contribution in [0.4, 0.5) is 0 Å². The van der Waals surface area contributed by atoms with E-state index in [1.54, 1.807) is 0 Å². The summed E-state index contributed by atoms with van der Waals surface area (Å²) >= 11 is 0. The highest BCUT2D eigenvalue weighted by atomic mass is 32.2. The van der Waals surface area contributed by atoms with Crippen LogP contribution in [0, 0.1) is 0 Å². The van der Waals surface area contributed by atoms with Gasteiger partial charge in [0.15, 0.2) is 0 Å². The molecule has 1 aromatic rings. The van der Waals surface area contributed by atoms with Gasteiger partial charge in [0.2, 0.25) is 10.0 Å². The number of sulfonamides is 1. The molecule has 0 atom stereocenters.